The van der Waals surface area contributed by atoms with E-state index in [2.05, 4.69) is 36.9 Å². The number of fused-ring (bicyclic) bond motifs is 1. The Morgan fingerprint density at radius 2 is 1.89 bits per heavy atom. The second kappa shape index (κ2) is 12.0. The molecule has 7 heteroatoms. The SMILES string of the molecule is C=C/C(=C\C=C(/C)c1nc2cc(C(=O)O)ccc2n1C(C)CCCCC)C(=O)N1CCN(C)CC1. The molecule has 1 aliphatic heterocycles. The normalized spacial score (nSPS) is 16.5. The lowest BCUT2D eigenvalue weighted by atomic mass is 10.1. The van der Waals surface area contributed by atoms with E-state index in [0.29, 0.717) is 24.2 Å². The zero-order valence-electron chi connectivity index (χ0n) is 21.5. The van der Waals surface area contributed by atoms with Gasteiger partial charge < -0.3 is 19.5 Å². The molecule has 1 saturated heterocycles. The van der Waals surface area contributed by atoms with Crippen LogP contribution in [0.25, 0.3) is 16.6 Å². The van der Waals surface area contributed by atoms with Crippen LogP contribution in [-0.4, -0.2) is 69.6 Å². The molecular formula is C28H38N4O3. The van der Waals surface area contributed by atoms with Gasteiger partial charge in [-0.2, -0.15) is 0 Å². The maximum atomic E-state index is 13.0. The highest BCUT2D eigenvalue weighted by Gasteiger charge is 2.21. The first-order valence-electron chi connectivity index (χ1n) is 12.5. The van der Waals surface area contributed by atoms with Gasteiger partial charge in [-0.05, 0) is 57.2 Å². The summed E-state index contributed by atoms with van der Waals surface area (Å²) in [5.41, 5.74) is 3.27. The van der Waals surface area contributed by atoms with Crippen molar-refractivity contribution in [1.29, 1.82) is 0 Å². The minimum absolute atomic E-state index is 0.00955. The van der Waals surface area contributed by atoms with Crippen LogP contribution in [-0.2, 0) is 4.79 Å². The lowest BCUT2D eigenvalue weighted by Crippen LogP contribution is -2.47. The zero-order chi connectivity index (χ0) is 25.5. The van der Waals surface area contributed by atoms with E-state index in [1.165, 1.54) is 6.42 Å². The van der Waals surface area contributed by atoms with Crippen LogP contribution in [0.4, 0.5) is 0 Å². The van der Waals surface area contributed by atoms with Crippen molar-refractivity contribution in [3.63, 3.8) is 0 Å². The molecule has 35 heavy (non-hydrogen) atoms. The molecule has 3 rings (SSSR count). The number of amides is 1. The van der Waals surface area contributed by atoms with Gasteiger partial charge in [0.15, 0.2) is 0 Å². The fourth-order valence-corrected chi connectivity index (χ4v) is 4.48. The molecule has 0 aliphatic carbocycles. The summed E-state index contributed by atoms with van der Waals surface area (Å²) in [6.07, 6.45) is 9.80. The Balaban J connectivity index is 1.97. The number of hydrogen-bond acceptors (Lipinski definition) is 4. The number of carbonyl (C=O) groups is 2. The van der Waals surface area contributed by atoms with Crippen LogP contribution in [0.15, 0.2) is 48.6 Å². The minimum Gasteiger partial charge on any atom is -0.478 e. The quantitative estimate of drug-likeness (QED) is 0.290. The third-order valence-corrected chi connectivity index (χ3v) is 6.73. The van der Waals surface area contributed by atoms with Gasteiger partial charge in [-0.15, -0.1) is 0 Å². The number of carboxylic acid groups (broad SMARTS) is 1. The van der Waals surface area contributed by atoms with Crippen LogP contribution in [0.5, 0.6) is 0 Å². The maximum Gasteiger partial charge on any atom is 0.335 e. The van der Waals surface area contributed by atoms with E-state index < -0.39 is 5.97 Å². The van der Waals surface area contributed by atoms with E-state index in [1.807, 2.05) is 30.0 Å². The number of nitrogens with zero attached hydrogens (tertiary/aromatic N) is 4. The fourth-order valence-electron chi connectivity index (χ4n) is 4.48. The Morgan fingerprint density at radius 3 is 2.51 bits per heavy atom. The van der Waals surface area contributed by atoms with Gasteiger partial charge in [-0.1, -0.05) is 44.9 Å². The standard InChI is InChI=1S/C28H38N4O3/c1-6-8-9-10-21(4)32-25-14-13-23(28(34)35)19-24(25)29-26(32)20(3)11-12-22(7-2)27(33)31-17-15-30(5)16-18-31/h7,11-14,19,21H,2,6,8-10,15-18H2,1,3-5H3,(H,34,35)/b20-11+,22-12+. The molecule has 2 aromatic rings. The van der Waals surface area contributed by atoms with Gasteiger partial charge in [-0.25, -0.2) is 9.78 Å². The number of piperazine rings is 1. The second-order valence-corrected chi connectivity index (χ2v) is 9.43. The molecule has 0 radical (unpaired) electrons. The summed E-state index contributed by atoms with van der Waals surface area (Å²) in [4.78, 5) is 33.4. The number of carbonyl (C=O) groups excluding carboxylic acids is 1. The predicted molar refractivity (Wildman–Crippen MR) is 142 cm³/mol. The number of imidazole rings is 1. The molecule has 1 fully saturated rings. The van der Waals surface area contributed by atoms with E-state index in [0.717, 1.165) is 49.3 Å². The van der Waals surface area contributed by atoms with Crippen LogP contribution in [0.3, 0.4) is 0 Å². The highest BCUT2D eigenvalue weighted by atomic mass is 16.4. The van der Waals surface area contributed by atoms with Crippen molar-refractivity contribution in [1.82, 2.24) is 19.4 Å². The molecule has 2 heterocycles. The van der Waals surface area contributed by atoms with Crippen molar-refractivity contribution in [3.8, 4) is 0 Å². The first-order valence-corrected chi connectivity index (χ1v) is 12.5. The molecule has 1 aromatic heterocycles. The van der Waals surface area contributed by atoms with Gasteiger partial charge >= 0.3 is 5.97 Å². The van der Waals surface area contributed by atoms with E-state index in [4.69, 9.17) is 4.98 Å². The Kier molecular flexibility index (Phi) is 9.04. The highest BCUT2D eigenvalue weighted by Crippen LogP contribution is 2.29. The van der Waals surface area contributed by atoms with Gasteiger partial charge in [0.05, 0.1) is 16.6 Å². The third kappa shape index (κ3) is 6.28. The van der Waals surface area contributed by atoms with Crippen LogP contribution in [0, 0.1) is 0 Å². The summed E-state index contributed by atoms with van der Waals surface area (Å²) in [6.45, 7) is 13.4. The van der Waals surface area contributed by atoms with Crippen molar-refractivity contribution in [3.05, 3.63) is 60.0 Å². The third-order valence-electron chi connectivity index (χ3n) is 6.73. The number of aromatic carboxylic acids is 1. The average molecular weight is 479 g/mol. The molecule has 1 aromatic carbocycles. The summed E-state index contributed by atoms with van der Waals surface area (Å²) < 4.78 is 2.20. The Bertz CT molecular complexity index is 1140. The molecule has 0 saturated carbocycles. The number of benzene rings is 1. The Labute approximate surface area is 208 Å². The molecule has 188 valence electrons. The molecular weight excluding hydrogens is 440 g/mol. The maximum absolute atomic E-state index is 13.0. The molecule has 0 spiro atoms. The summed E-state index contributed by atoms with van der Waals surface area (Å²) in [5.74, 6) is -0.185. The zero-order valence-corrected chi connectivity index (χ0v) is 21.5. The first kappa shape index (κ1) is 26.4. The van der Waals surface area contributed by atoms with E-state index in [9.17, 15) is 14.7 Å². The van der Waals surface area contributed by atoms with Gasteiger partial charge in [0.1, 0.15) is 5.82 Å². The molecule has 1 amide bonds. The van der Waals surface area contributed by atoms with Crippen LogP contribution >= 0.6 is 0 Å². The van der Waals surface area contributed by atoms with Crippen molar-refractivity contribution in [2.24, 2.45) is 0 Å². The number of rotatable bonds is 10. The summed E-state index contributed by atoms with van der Waals surface area (Å²) in [5, 5.41) is 9.43. The number of hydrogen-bond donors (Lipinski definition) is 1. The van der Waals surface area contributed by atoms with E-state index in [1.54, 1.807) is 18.2 Å². The van der Waals surface area contributed by atoms with Gasteiger partial charge in [0.25, 0.3) is 5.91 Å². The fraction of sp³-hybridized carbons (Fsp3) is 0.464. The van der Waals surface area contributed by atoms with Crippen molar-refractivity contribution in [2.75, 3.05) is 33.2 Å². The molecule has 1 aliphatic rings. The smallest absolute Gasteiger partial charge is 0.335 e. The summed E-state index contributed by atoms with van der Waals surface area (Å²) in [6, 6.07) is 5.32. The monoisotopic (exact) mass is 478 g/mol. The van der Waals surface area contributed by atoms with Crippen LogP contribution < -0.4 is 0 Å². The van der Waals surface area contributed by atoms with Gasteiger partial charge in [-0.3, -0.25) is 4.79 Å². The number of aromatic nitrogens is 2. The first-order chi connectivity index (χ1) is 16.8. The summed E-state index contributed by atoms with van der Waals surface area (Å²) >= 11 is 0. The number of unbranched alkanes of at least 4 members (excludes halogenated alkanes) is 2. The summed E-state index contributed by atoms with van der Waals surface area (Å²) in [7, 11) is 2.06. The van der Waals surface area contributed by atoms with Gasteiger partial charge in [0.2, 0.25) is 0 Å². The lowest BCUT2D eigenvalue weighted by Gasteiger charge is -2.32. The largest absolute Gasteiger partial charge is 0.478 e. The van der Waals surface area contributed by atoms with Crippen molar-refractivity contribution in [2.45, 2.75) is 52.5 Å². The molecule has 0 bridgehead atoms. The minimum atomic E-state index is -0.966. The Hall–Kier alpha value is -3.19. The number of carboxylic acids is 1. The number of allylic oxidation sites excluding steroid dienone is 3. The molecule has 1 unspecified atom stereocenters. The molecule has 1 N–H and O–H groups in total. The predicted octanol–water partition coefficient (Wildman–Crippen LogP) is 5.17. The molecule has 7 nitrogen and oxygen atoms in total. The highest BCUT2D eigenvalue weighted by molar-refractivity contribution is 5.97. The average Bonchev–Trinajstić information content (AvgIpc) is 3.23. The van der Waals surface area contributed by atoms with Crippen molar-refractivity contribution >= 4 is 28.5 Å². The van der Waals surface area contributed by atoms with Crippen LogP contribution in [0.1, 0.15) is 68.7 Å². The van der Waals surface area contributed by atoms with Crippen molar-refractivity contribution < 1.29 is 14.7 Å². The topological polar surface area (TPSA) is 78.7 Å². The Morgan fingerprint density at radius 1 is 1.17 bits per heavy atom. The molecule has 1 atom stereocenters. The van der Waals surface area contributed by atoms with Crippen LogP contribution in [0.2, 0.25) is 0 Å². The second-order valence-electron chi connectivity index (χ2n) is 9.43. The lowest BCUT2D eigenvalue weighted by molar-refractivity contribution is -0.128. The number of likely N-dealkylation sites (N-methyl/N-ethyl adjacent to an activating group) is 1. The van der Waals surface area contributed by atoms with Gasteiger partial charge in [0, 0.05) is 37.8 Å². The van der Waals surface area contributed by atoms with E-state index in [-0.39, 0.29) is 17.5 Å². The van der Waals surface area contributed by atoms with E-state index >= 15 is 0 Å².